The summed E-state index contributed by atoms with van der Waals surface area (Å²) >= 11 is 1.52. The molecule has 1 unspecified atom stereocenters. The van der Waals surface area contributed by atoms with Gasteiger partial charge in [-0.15, -0.1) is 11.3 Å². The Morgan fingerprint density at radius 3 is 2.58 bits per heavy atom. The summed E-state index contributed by atoms with van der Waals surface area (Å²) in [6.07, 6.45) is 6.94. The minimum absolute atomic E-state index is 0.0954. The number of rotatable bonds is 6. The second kappa shape index (κ2) is 9.82. The molecule has 1 heterocycles. The first-order chi connectivity index (χ1) is 14.7. The summed E-state index contributed by atoms with van der Waals surface area (Å²) < 4.78 is 5.42. The van der Waals surface area contributed by atoms with Gasteiger partial charge in [-0.2, -0.15) is 0 Å². The zero-order chi connectivity index (χ0) is 22.6. The predicted molar refractivity (Wildman–Crippen MR) is 129 cm³/mol. The topological polar surface area (TPSA) is 55.4 Å². The summed E-state index contributed by atoms with van der Waals surface area (Å²) in [5.41, 5.74) is 3.92. The maximum absolute atomic E-state index is 12.7. The molecule has 1 aliphatic carbocycles. The van der Waals surface area contributed by atoms with Crippen LogP contribution in [-0.4, -0.2) is 18.5 Å². The summed E-state index contributed by atoms with van der Waals surface area (Å²) in [4.78, 5) is 26.6. The summed E-state index contributed by atoms with van der Waals surface area (Å²) in [7, 11) is 0. The molecule has 1 aromatic heterocycles. The van der Waals surface area contributed by atoms with E-state index in [9.17, 15) is 9.59 Å². The third-order valence-corrected chi connectivity index (χ3v) is 6.76. The SMILES string of the molecule is CCCOC(=O)c1c(NC(=O)/C=C/c2ccc(C(C)(C)C)cc2)sc2c1CCC(C)C2. The number of ether oxygens (including phenoxy) is 1. The van der Waals surface area contributed by atoms with Gasteiger partial charge in [0.25, 0.3) is 0 Å². The van der Waals surface area contributed by atoms with Crippen molar-refractivity contribution in [3.8, 4) is 0 Å². The van der Waals surface area contributed by atoms with E-state index < -0.39 is 0 Å². The minimum atomic E-state index is -0.328. The van der Waals surface area contributed by atoms with Gasteiger partial charge in [0.05, 0.1) is 12.2 Å². The number of nitrogens with one attached hydrogen (secondary N) is 1. The van der Waals surface area contributed by atoms with E-state index in [0.717, 1.165) is 36.8 Å². The van der Waals surface area contributed by atoms with Crippen molar-refractivity contribution in [3.05, 3.63) is 57.5 Å². The van der Waals surface area contributed by atoms with E-state index in [-0.39, 0.29) is 17.3 Å². The number of thiophene rings is 1. The Morgan fingerprint density at radius 1 is 1.23 bits per heavy atom. The van der Waals surface area contributed by atoms with E-state index in [1.54, 1.807) is 6.08 Å². The zero-order valence-corrected chi connectivity index (χ0v) is 20.0. The van der Waals surface area contributed by atoms with Crippen LogP contribution in [0.4, 0.5) is 5.00 Å². The molecule has 1 N–H and O–H groups in total. The normalized spacial score (nSPS) is 16.2. The number of amides is 1. The van der Waals surface area contributed by atoms with Gasteiger partial charge in [-0.25, -0.2) is 4.79 Å². The fourth-order valence-corrected chi connectivity index (χ4v) is 5.14. The van der Waals surface area contributed by atoms with Crippen molar-refractivity contribution < 1.29 is 14.3 Å². The smallest absolute Gasteiger partial charge is 0.341 e. The quantitative estimate of drug-likeness (QED) is 0.419. The Morgan fingerprint density at radius 2 is 1.94 bits per heavy atom. The van der Waals surface area contributed by atoms with E-state index in [1.165, 1.54) is 27.9 Å². The van der Waals surface area contributed by atoms with Gasteiger partial charge in [0, 0.05) is 11.0 Å². The molecule has 4 nitrogen and oxygen atoms in total. The number of carbonyl (C=O) groups excluding carboxylic acids is 2. The highest BCUT2D eigenvalue weighted by Crippen LogP contribution is 2.40. The molecule has 31 heavy (non-hydrogen) atoms. The molecule has 1 aromatic carbocycles. The molecule has 0 bridgehead atoms. The Hall–Kier alpha value is -2.40. The molecule has 5 heteroatoms. The molecule has 0 saturated carbocycles. The first kappa shape index (κ1) is 23.3. The van der Waals surface area contributed by atoms with E-state index in [2.05, 4.69) is 45.1 Å². The molecule has 3 rings (SSSR count). The fourth-order valence-electron chi connectivity index (χ4n) is 3.74. The van der Waals surface area contributed by atoms with Crippen LogP contribution in [-0.2, 0) is 27.8 Å². The average molecular weight is 440 g/mol. The summed E-state index contributed by atoms with van der Waals surface area (Å²) in [5.74, 6) is 0.0206. The Balaban J connectivity index is 1.77. The van der Waals surface area contributed by atoms with E-state index in [4.69, 9.17) is 4.74 Å². The van der Waals surface area contributed by atoms with E-state index in [1.807, 2.05) is 19.1 Å². The van der Waals surface area contributed by atoms with Gasteiger partial charge in [0.15, 0.2) is 0 Å². The molecule has 0 aliphatic heterocycles. The standard InChI is InChI=1S/C26H33NO3S/c1-6-15-30-25(29)23-20-13-7-17(2)16-21(20)31-24(23)27-22(28)14-10-18-8-11-19(12-9-18)26(3,4)5/h8-12,14,17H,6-7,13,15-16H2,1-5H3,(H,27,28)/b14-10+. The molecule has 0 spiro atoms. The van der Waals surface area contributed by atoms with Crippen molar-refractivity contribution in [1.82, 2.24) is 0 Å². The molecule has 0 fully saturated rings. The van der Waals surface area contributed by atoms with Crippen molar-refractivity contribution in [1.29, 1.82) is 0 Å². The highest BCUT2D eigenvalue weighted by atomic mass is 32.1. The second-order valence-corrected chi connectivity index (χ2v) is 10.5. The molecular formula is C26H33NO3S. The third-order valence-electron chi connectivity index (χ3n) is 5.59. The number of fused-ring (bicyclic) bond motifs is 1. The first-order valence-corrected chi connectivity index (χ1v) is 11.9. The largest absolute Gasteiger partial charge is 0.462 e. The van der Waals surface area contributed by atoms with Gasteiger partial charge in [0.1, 0.15) is 5.00 Å². The molecular weight excluding hydrogens is 406 g/mol. The fraction of sp³-hybridized carbons (Fsp3) is 0.462. The lowest BCUT2D eigenvalue weighted by molar-refractivity contribution is -0.111. The first-order valence-electron chi connectivity index (χ1n) is 11.1. The van der Waals surface area contributed by atoms with Gasteiger partial charge in [-0.3, -0.25) is 4.79 Å². The molecule has 0 radical (unpaired) electrons. The number of hydrogen-bond acceptors (Lipinski definition) is 4. The maximum atomic E-state index is 12.7. The summed E-state index contributed by atoms with van der Waals surface area (Å²) in [6, 6.07) is 8.22. The molecule has 0 saturated heterocycles. The number of hydrogen-bond donors (Lipinski definition) is 1. The van der Waals surface area contributed by atoms with Crippen molar-refractivity contribution in [2.45, 2.75) is 65.7 Å². The highest BCUT2D eigenvalue weighted by Gasteiger charge is 2.29. The van der Waals surface area contributed by atoms with Crippen LogP contribution in [0.25, 0.3) is 6.08 Å². The second-order valence-electron chi connectivity index (χ2n) is 9.39. The molecule has 1 aliphatic rings. The van der Waals surface area contributed by atoms with Gasteiger partial charge >= 0.3 is 5.97 Å². The van der Waals surface area contributed by atoms with E-state index in [0.29, 0.717) is 23.1 Å². The van der Waals surface area contributed by atoms with Crippen LogP contribution in [0.3, 0.4) is 0 Å². The van der Waals surface area contributed by atoms with Crippen LogP contribution >= 0.6 is 11.3 Å². The Kier molecular flexibility index (Phi) is 7.37. The average Bonchev–Trinajstić information content (AvgIpc) is 3.06. The third kappa shape index (κ3) is 5.85. The van der Waals surface area contributed by atoms with Crippen molar-refractivity contribution in [3.63, 3.8) is 0 Å². The Bertz CT molecular complexity index is 964. The van der Waals surface area contributed by atoms with Gasteiger partial charge in [-0.1, -0.05) is 58.9 Å². The summed E-state index contributed by atoms with van der Waals surface area (Å²) in [6.45, 7) is 11.1. The van der Waals surface area contributed by atoms with Gasteiger partial charge in [-0.05, 0) is 59.8 Å². The Labute approximate surface area is 189 Å². The van der Waals surface area contributed by atoms with Crippen LogP contribution in [0.5, 0.6) is 0 Å². The molecule has 1 amide bonds. The van der Waals surface area contributed by atoms with Gasteiger partial charge < -0.3 is 10.1 Å². The van der Waals surface area contributed by atoms with E-state index >= 15 is 0 Å². The van der Waals surface area contributed by atoms with Crippen LogP contribution in [0, 0.1) is 5.92 Å². The number of esters is 1. The number of carbonyl (C=O) groups is 2. The molecule has 166 valence electrons. The van der Waals surface area contributed by atoms with Crippen LogP contribution in [0.2, 0.25) is 0 Å². The zero-order valence-electron chi connectivity index (χ0n) is 19.2. The monoisotopic (exact) mass is 439 g/mol. The lowest BCUT2D eigenvalue weighted by Gasteiger charge is -2.18. The molecule has 1 atom stereocenters. The lowest BCUT2D eigenvalue weighted by Crippen LogP contribution is -2.16. The number of benzene rings is 1. The van der Waals surface area contributed by atoms with Crippen LogP contribution in [0.1, 0.15) is 79.4 Å². The summed E-state index contributed by atoms with van der Waals surface area (Å²) in [5, 5.41) is 3.55. The lowest BCUT2D eigenvalue weighted by atomic mass is 9.87. The van der Waals surface area contributed by atoms with Crippen molar-refractivity contribution in [2.24, 2.45) is 5.92 Å². The van der Waals surface area contributed by atoms with Crippen molar-refractivity contribution in [2.75, 3.05) is 11.9 Å². The predicted octanol–water partition coefficient (Wildman–Crippen LogP) is 6.39. The van der Waals surface area contributed by atoms with Crippen molar-refractivity contribution >= 4 is 34.3 Å². The van der Waals surface area contributed by atoms with Crippen LogP contribution in [0.15, 0.2) is 30.3 Å². The minimum Gasteiger partial charge on any atom is -0.462 e. The van der Waals surface area contributed by atoms with Gasteiger partial charge in [0.2, 0.25) is 5.91 Å². The highest BCUT2D eigenvalue weighted by molar-refractivity contribution is 7.17. The number of anilines is 1. The molecule has 2 aromatic rings. The maximum Gasteiger partial charge on any atom is 0.341 e. The van der Waals surface area contributed by atoms with Crippen LogP contribution < -0.4 is 5.32 Å².